The van der Waals surface area contributed by atoms with Gasteiger partial charge in [-0.15, -0.1) is 0 Å². The third-order valence-electron chi connectivity index (χ3n) is 1.23. The standard InChI is InChI=1S/C8H18N2O2/c1-8(2,3)6-9-4-5-10-7(11)12/h9-10H,4-6H2,1-3H3,(H,11,12)/p-1. The first kappa shape index (κ1) is 11.2. The van der Waals surface area contributed by atoms with Gasteiger partial charge in [-0.3, -0.25) is 0 Å². The molecule has 0 heterocycles. The minimum Gasteiger partial charge on any atom is -0.530 e. The largest absolute Gasteiger partial charge is 0.530 e. The van der Waals surface area contributed by atoms with Gasteiger partial charge < -0.3 is 20.5 Å². The molecule has 0 fully saturated rings. The van der Waals surface area contributed by atoms with Crippen molar-refractivity contribution in [2.24, 2.45) is 5.41 Å². The van der Waals surface area contributed by atoms with Crippen LogP contribution in [0.4, 0.5) is 4.79 Å². The van der Waals surface area contributed by atoms with E-state index in [0.29, 0.717) is 13.1 Å². The summed E-state index contributed by atoms with van der Waals surface area (Å²) in [6, 6.07) is 0. The summed E-state index contributed by atoms with van der Waals surface area (Å²) in [5, 5.41) is 15.2. The van der Waals surface area contributed by atoms with E-state index in [4.69, 9.17) is 0 Å². The average Bonchev–Trinajstić information content (AvgIpc) is 1.83. The molecule has 12 heavy (non-hydrogen) atoms. The summed E-state index contributed by atoms with van der Waals surface area (Å²) in [5.74, 6) is 0. The van der Waals surface area contributed by atoms with Crippen molar-refractivity contribution in [3.8, 4) is 0 Å². The number of rotatable bonds is 4. The Hall–Kier alpha value is -0.770. The van der Waals surface area contributed by atoms with Crippen LogP contribution in [0.15, 0.2) is 0 Å². The molecule has 0 aliphatic heterocycles. The number of hydrogen-bond donors (Lipinski definition) is 2. The third kappa shape index (κ3) is 9.23. The van der Waals surface area contributed by atoms with E-state index in [9.17, 15) is 9.90 Å². The molecule has 0 saturated heterocycles. The van der Waals surface area contributed by atoms with Crippen molar-refractivity contribution in [2.45, 2.75) is 20.8 Å². The van der Waals surface area contributed by atoms with Gasteiger partial charge in [-0.25, -0.2) is 0 Å². The Kier molecular flexibility index (Phi) is 4.66. The fraction of sp³-hybridized carbons (Fsp3) is 0.875. The molecule has 2 N–H and O–H groups in total. The Morgan fingerprint density at radius 1 is 1.33 bits per heavy atom. The minimum atomic E-state index is -1.22. The molecule has 0 aliphatic rings. The molecule has 0 radical (unpaired) electrons. The van der Waals surface area contributed by atoms with Crippen LogP contribution in [0.25, 0.3) is 0 Å². The van der Waals surface area contributed by atoms with Gasteiger partial charge in [0.05, 0.1) is 0 Å². The molecule has 72 valence electrons. The zero-order valence-electron chi connectivity index (χ0n) is 7.94. The summed E-state index contributed by atoms with van der Waals surface area (Å²) in [4.78, 5) is 9.91. The molecular formula is C8H17N2O2-. The van der Waals surface area contributed by atoms with Crippen molar-refractivity contribution in [1.82, 2.24) is 10.6 Å². The number of carbonyl (C=O) groups is 1. The third-order valence-corrected chi connectivity index (χ3v) is 1.23. The maximum absolute atomic E-state index is 9.91. The molecule has 0 bridgehead atoms. The van der Waals surface area contributed by atoms with Crippen LogP contribution in [0, 0.1) is 5.41 Å². The van der Waals surface area contributed by atoms with Crippen LogP contribution in [0.5, 0.6) is 0 Å². The molecule has 0 unspecified atom stereocenters. The Morgan fingerprint density at radius 2 is 1.92 bits per heavy atom. The molecule has 0 rings (SSSR count). The molecule has 0 aromatic heterocycles. The highest BCUT2D eigenvalue weighted by atomic mass is 16.4. The fourth-order valence-electron chi connectivity index (χ4n) is 0.716. The van der Waals surface area contributed by atoms with Crippen molar-refractivity contribution in [1.29, 1.82) is 0 Å². The Morgan fingerprint density at radius 3 is 2.33 bits per heavy atom. The minimum absolute atomic E-state index is 0.238. The molecular weight excluding hydrogens is 156 g/mol. The van der Waals surface area contributed by atoms with Gasteiger partial charge in [0, 0.05) is 19.6 Å². The van der Waals surface area contributed by atoms with Gasteiger partial charge >= 0.3 is 0 Å². The second-order valence-electron chi connectivity index (χ2n) is 3.95. The summed E-state index contributed by atoms with van der Waals surface area (Å²) < 4.78 is 0. The summed E-state index contributed by atoms with van der Waals surface area (Å²) in [6.07, 6.45) is -1.22. The van der Waals surface area contributed by atoms with Gasteiger partial charge in [0.2, 0.25) is 0 Å². The van der Waals surface area contributed by atoms with E-state index in [0.717, 1.165) is 6.54 Å². The number of carbonyl (C=O) groups excluding carboxylic acids is 1. The molecule has 0 aromatic rings. The lowest BCUT2D eigenvalue weighted by molar-refractivity contribution is -0.250. The van der Waals surface area contributed by atoms with Crippen LogP contribution in [0.1, 0.15) is 20.8 Å². The van der Waals surface area contributed by atoms with E-state index < -0.39 is 6.09 Å². The predicted octanol–water partition coefficient (Wildman–Crippen LogP) is -0.445. The average molecular weight is 173 g/mol. The van der Waals surface area contributed by atoms with E-state index in [1.165, 1.54) is 0 Å². The van der Waals surface area contributed by atoms with Gasteiger partial charge in [0.25, 0.3) is 0 Å². The van der Waals surface area contributed by atoms with Crippen LogP contribution in [-0.4, -0.2) is 25.7 Å². The summed E-state index contributed by atoms with van der Waals surface area (Å²) in [5.41, 5.74) is 0.238. The normalized spacial score (nSPS) is 11.2. The highest BCUT2D eigenvalue weighted by Gasteiger charge is 2.07. The molecule has 4 nitrogen and oxygen atoms in total. The van der Waals surface area contributed by atoms with Crippen LogP contribution in [0.3, 0.4) is 0 Å². The number of hydrogen-bond acceptors (Lipinski definition) is 3. The lowest BCUT2D eigenvalue weighted by atomic mass is 9.97. The second kappa shape index (κ2) is 4.98. The van der Waals surface area contributed by atoms with Gasteiger partial charge in [-0.2, -0.15) is 0 Å². The van der Waals surface area contributed by atoms with E-state index >= 15 is 0 Å². The van der Waals surface area contributed by atoms with Crippen molar-refractivity contribution < 1.29 is 9.90 Å². The van der Waals surface area contributed by atoms with E-state index in [2.05, 4.69) is 31.4 Å². The lowest BCUT2D eigenvalue weighted by Crippen LogP contribution is -2.41. The fourth-order valence-corrected chi connectivity index (χ4v) is 0.716. The molecule has 0 saturated carbocycles. The topological polar surface area (TPSA) is 64.2 Å². The zero-order valence-corrected chi connectivity index (χ0v) is 7.94. The highest BCUT2D eigenvalue weighted by molar-refractivity contribution is 5.61. The van der Waals surface area contributed by atoms with Crippen molar-refractivity contribution in [3.05, 3.63) is 0 Å². The number of nitrogens with one attached hydrogen (secondary N) is 2. The smallest absolute Gasteiger partial charge is 0.134 e. The molecule has 0 spiro atoms. The maximum atomic E-state index is 9.91. The Bertz CT molecular complexity index is 140. The van der Waals surface area contributed by atoms with Crippen molar-refractivity contribution in [3.63, 3.8) is 0 Å². The molecule has 0 aromatic carbocycles. The van der Waals surface area contributed by atoms with Crippen LogP contribution in [0.2, 0.25) is 0 Å². The van der Waals surface area contributed by atoms with Crippen LogP contribution >= 0.6 is 0 Å². The SMILES string of the molecule is CC(C)(C)CNCCNC(=O)[O-]. The Labute approximate surface area is 73.3 Å². The van der Waals surface area contributed by atoms with Gasteiger partial charge in [-0.1, -0.05) is 20.8 Å². The van der Waals surface area contributed by atoms with E-state index in [1.807, 2.05) is 0 Å². The lowest BCUT2D eigenvalue weighted by Gasteiger charge is -2.18. The van der Waals surface area contributed by atoms with Crippen LogP contribution < -0.4 is 15.7 Å². The Balaban J connectivity index is 3.17. The monoisotopic (exact) mass is 173 g/mol. The van der Waals surface area contributed by atoms with Crippen molar-refractivity contribution in [2.75, 3.05) is 19.6 Å². The van der Waals surface area contributed by atoms with Crippen LogP contribution in [-0.2, 0) is 0 Å². The first-order chi connectivity index (χ1) is 5.42. The van der Waals surface area contributed by atoms with Gasteiger partial charge in [-0.05, 0) is 5.41 Å². The summed E-state index contributed by atoms with van der Waals surface area (Å²) in [6.45, 7) is 8.27. The second-order valence-corrected chi connectivity index (χ2v) is 3.95. The van der Waals surface area contributed by atoms with Gasteiger partial charge in [0.15, 0.2) is 0 Å². The first-order valence-electron chi connectivity index (χ1n) is 4.07. The van der Waals surface area contributed by atoms with E-state index in [-0.39, 0.29) is 5.41 Å². The summed E-state index contributed by atoms with van der Waals surface area (Å²) >= 11 is 0. The predicted molar refractivity (Wildman–Crippen MR) is 45.7 cm³/mol. The van der Waals surface area contributed by atoms with Crippen molar-refractivity contribution >= 4 is 6.09 Å². The molecule has 0 atom stereocenters. The molecule has 4 heteroatoms. The first-order valence-corrected chi connectivity index (χ1v) is 4.07. The van der Waals surface area contributed by atoms with E-state index in [1.54, 1.807) is 0 Å². The molecule has 0 aliphatic carbocycles. The zero-order chi connectivity index (χ0) is 9.61. The highest BCUT2D eigenvalue weighted by Crippen LogP contribution is 2.09. The quantitative estimate of drug-likeness (QED) is 0.566. The molecule has 1 amide bonds. The van der Waals surface area contributed by atoms with Gasteiger partial charge in [0.1, 0.15) is 6.09 Å². The maximum Gasteiger partial charge on any atom is 0.134 e. The number of amides is 1. The number of carboxylic acid groups (broad SMARTS) is 1. The summed E-state index contributed by atoms with van der Waals surface area (Å²) in [7, 11) is 0.